The summed E-state index contributed by atoms with van der Waals surface area (Å²) in [6, 6.07) is 10.3. The Morgan fingerprint density at radius 3 is 2.74 bits per heavy atom. The van der Waals surface area contributed by atoms with Gasteiger partial charge in [0.15, 0.2) is 17.2 Å². The summed E-state index contributed by atoms with van der Waals surface area (Å²) < 4.78 is 38.4. The van der Waals surface area contributed by atoms with E-state index in [1.54, 1.807) is 6.07 Å². The van der Waals surface area contributed by atoms with Gasteiger partial charge in [0.05, 0.1) is 23.6 Å². The van der Waals surface area contributed by atoms with Gasteiger partial charge in [0.2, 0.25) is 0 Å². The Balaban J connectivity index is 1.45. The molecule has 1 aliphatic heterocycles. The van der Waals surface area contributed by atoms with Crippen LogP contribution in [-0.4, -0.2) is 64.5 Å². The van der Waals surface area contributed by atoms with Gasteiger partial charge in [-0.2, -0.15) is 15.1 Å². The molecule has 0 spiro atoms. The topological polar surface area (TPSA) is 88.2 Å². The monoisotopic (exact) mass is 500 g/mol. The molecule has 0 bridgehead atoms. The van der Waals surface area contributed by atoms with Crippen LogP contribution in [0.15, 0.2) is 42.5 Å². The van der Waals surface area contributed by atoms with E-state index in [-0.39, 0.29) is 11.8 Å². The van der Waals surface area contributed by atoms with E-state index in [0.29, 0.717) is 34.1 Å². The summed E-state index contributed by atoms with van der Waals surface area (Å²) in [4.78, 5) is 11.2. The Kier molecular flexibility index (Phi) is 7.03. The maximum atomic E-state index is 14.2. The zero-order valence-electron chi connectivity index (χ0n) is 18.7. The van der Waals surface area contributed by atoms with Crippen LogP contribution >= 0.6 is 11.6 Å². The number of hydrogen-bond acceptors (Lipinski definition) is 7. The first-order chi connectivity index (χ1) is 17.1. The van der Waals surface area contributed by atoms with Gasteiger partial charge in [0.1, 0.15) is 17.3 Å². The Hall–Kier alpha value is -3.34. The minimum Gasteiger partial charge on any atom is -0.421 e. The third-order valence-electron chi connectivity index (χ3n) is 5.67. The van der Waals surface area contributed by atoms with Gasteiger partial charge in [-0.25, -0.2) is 8.78 Å². The van der Waals surface area contributed by atoms with Crippen LogP contribution in [0.1, 0.15) is 6.42 Å². The van der Waals surface area contributed by atoms with Gasteiger partial charge in [-0.05, 0) is 31.2 Å². The number of fused-ring (bicyclic) bond motifs is 1. The minimum absolute atomic E-state index is 0.104. The fourth-order valence-electron chi connectivity index (χ4n) is 3.92. The molecule has 1 saturated heterocycles. The first kappa shape index (κ1) is 23.4. The number of anilines is 1. The zero-order chi connectivity index (χ0) is 24.2. The van der Waals surface area contributed by atoms with Crippen molar-refractivity contribution < 1.29 is 18.3 Å². The van der Waals surface area contributed by atoms with E-state index in [4.69, 9.17) is 21.1 Å². The van der Waals surface area contributed by atoms with Gasteiger partial charge in [0.25, 0.3) is 0 Å². The molecule has 182 valence electrons. The molecule has 3 heterocycles. The third-order valence-corrected chi connectivity index (χ3v) is 6.00. The molecule has 1 fully saturated rings. The summed E-state index contributed by atoms with van der Waals surface area (Å²) in [6.07, 6.45) is 0.869. The number of aromatic nitrogens is 4. The van der Waals surface area contributed by atoms with Crippen molar-refractivity contribution in [1.29, 1.82) is 0 Å². The molecule has 0 amide bonds. The fourth-order valence-corrected chi connectivity index (χ4v) is 4.15. The number of rotatable bonds is 8. The number of halogens is 3. The molecule has 0 radical (unpaired) electrons. The number of H-pyrrole nitrogens is 1. The maximum absolute atomic E-state index is 14.2. The highest BCUT2D eigenvalue weighted by Crippen LogP contribution is 2.36. The van der Waals surface area contributed by atoms with Crippen LogP contribution in [-0.2, 0) is 4.74 Å². The Morgan fingerprint density at radius 1 is 1.11 bits per heavy atom. The molecule has 35 heavy (non-hydrogen) atoms. The first-order valence-electron chi connectivity index (χ1n) is 11.3. The predicted molar refractivity (Wildman–Crippen MR) is 129 cm³/mol. The molecule has 2 aromatic carbocycles. The van der Waals surface area contributed by atoms with Crippen LogP contribution in [0.3, 0.4) is 0 Å². The highest BCUT2D eigenvalue weighted by Gasteiger charge is 2.20. The van der Waals surface area contributed by atoms with Crippen molar-refractivity contribution >= 4 is 28.5 Å². The van der Waals surface area contributed by atoms with Gasteiger partial charge < -0.3 is 14.8 Å². The lowest BCUT2D eigenvalue weighted by molar-refractivity contribution is 0.0378. The van der Waals surface area contributed by atoms with Crippen molar-refractivity contribution in [3.8, 4) is 23.0 Å². The van der Waals surface area contributed by atoms with Gasteiger partial charge in [0, 0.05) is 31.3 Å². The summed E-state index contributed by atoms with van der Waals surface area (Å²) in [7, 11) is 0. The van der Waals surface area contributed by atoms with Crippen LogP contribution in [0, 0.1) is 11.6 Å². The summed E-state index contributed by atoms with van der Waals surface area (Å²) in [6.45, 7) is 4.86. The van der Waals surface area contributed by atoms with Crippen LogP contribution in [0.4, 0.5) is 14.6 Å². The maximum Gasteiger partial charge on any atom is 0.326 e. The first-order valence-corrected chi connectivity index (χ1v) is 11.6. The number of nitrogens with one attached hydrogen (secondary N) is 2. The van der Waals surface area contributed by atoms with Crippen molar-refractivity contribution in [1.82, 2.24) is 25.1 Å². The molecular weight excluding hydrogens is 478 g/mol. The highest BCUT2D eigenvalue weighted by molar-refractivity contribution is 6.33. The molecule has 0 unspecified atom stereocenters. The molecule has 2 N–H and O–H groups in total. The smallest absolute Gasteiger partial charge is 0.326 e. The summed E-state index contributed by atoms with van der Waals surface area (Å²) in [5.41, 5.74) is 1.70. The van der Waals surface area contributed by atoms with Crippen molar-refractivity contribution in [2.24, 2.45) is 0 Å². The van der Waals surface area contributed by atoms with Crippen LogP contribution in [0.2, 0.25) is 5.02 Å². The number of nitrogens with zero attached hydrogens (tertiary/aromatic N) is 4. The van der Waals surface area contributed by atoms with Crippen molar-refractivity contribution in [3.05, 3.63) is 59.1 Å². The van der Waals surface area contributed by atoms with Crippen molar-refractivity contribution in [2.75, 3.05) is 44.7 Å². The standard InChI is InChI=1S/C24H23ClF2N6O2/c25-17-5-2-1-4-16(17)21-20-22(28-8-3-9-33-10-12-34-13-11-33)29-24(30-23(20)32-31-21)35-19-7-6-15(26)14-18(19)27/h1-2,4-7,14H,3,8-13H2,(H2,28,29,30,31,32). The third kappa shape index (κ3) is 5.34. The van der Waals surface area contributed by atoms with Crippen molar-refractivity contribution in [3.63, 3.8) is 0 Å². The average molecular weight is 501 g/mol. The Morgan fingerprint density at radius 2 is 1.94 bits per heavy atom. The van der Waals surface area contributed by atoms with E-state index in [1.165, 1.54) is 6.07 Å². The lowest BCUT2D eigenvalue weighted by Gasteiger charge is -2.26. The lowest BCUT2D eigenvalue weighted by atomic mass is 10.1. The SMILES string of the molecule is Fc1ccc(Oc2nc(NCCCN3CCOCC3)c3c(-c4ccccc4Cl)n[nH]c3n2)c(F)c1. The second kappa shape index (κ2) is 10.5. The summed E-state index contributed by atoms with van der Waals surface area (Å²) >= 11 is 6.42. The second-order valence-electron chi connectivity index (χ2n) is 8.04. The number of benzene rings is 2. The van der Waals surface area contributed by atoms with Gasteiger partial charge in [-0.15, -0.1) is 0 Å². The Bertz CT molecular complexity index is 1330. The van der Waals surface area contributed by atoms with Crippen LogP contribution in [0.25, 0.3) is 22.3 Å². The molecule has 0 saturated carbocycles. The minimum atomic E-state index is -0.852. The molecular formula is C24H23ClF2N6O2. The summed E-state index contributed by atoms with van der Waals surface area (Å²) in [5.74, 6) is -1.27. The van der Waals surface area contributed by atoms with E-state index < -0.39 is 11.6 Å². The molecule has 8 nitrogen and oxygen atoms in total. The molecule has 0 atom stereocenters. The number of morpholine rings is 1. The number of aromatic amines is 1. The predicted octanol–water partition coefficient (Wildman–Crippen LogP) is 4.88. The van der Waals surface area contributed by atoms with Crippen molar-refractivity contribution in [2.45, 2.75) is 6.42 Å². The van der Waals surface area contributed by atoms with E-state index in [2.05, 4.69) is 30.4 Å². The molecule has 5 rings (SSSR count). The molecule has 1 aliphatic rings. The largest absolute Gasteiger partial charge is 0.421 e. The van der Waals surface area contributed by atoms with Gasteiger partial charge in [-0.1, -0.05) is 29.8 Å². The molecule has 0 aliphatic carbocycles. The number of ether oxygens (including phenoxy) is 2. The van der Waals surface area contributed by atoms with Crippen LogP contribution in [0.5, 0.6) is 11.8 Å². The Labute approximate surface area is 205 Å². The quantitative estimate of drug-likeness (QED) is 0.333. The molecule has 4 aromatic rings. The van der Waals surface area contributed by atoms with Gasteiger partial charge >= 0.3 is 6.01 Å². The van der Waals surface area contributed by atoms with E-state index in [1.807, 2.05) is 18.2 Å². The molecule has 2 aromatic heterocycles. The van der Waals surface area contributed by atoms with E-state index in [9.17, 15) is 8.78 Å². The lowest BCUT2D eigenvalue weighted by Crippen LogP contribution is -2.37. The van der Waals surface area contributed by atoms with Gasteiger partial charge in [-0.3, -0.25) is 10.00 Å². The van der Waals surface area contributed by atoms with E-state index >= 15 is 0 Å². The van der Waals surface area contributed by atoms with Crippen LogP contribution < -0.4 is 10.1 Å². The highest BCUT2D eigenvalue weighted by atomic mass is 35.5. The van der Waals surface area contributed by atoms with E-state index in [0.717, 1.165) is 57.0 Å². The fraction of sp³-hybridized carbons (Fsp3) is 0.292. The summed E-state index contributed by atoms with van der Waals surface area (Å²) in [5, 5.41) is 11.8. The average Bonchev–Trinajstić information content (AvgIpc) is 3.28. The zero-order valence-corrected chi connectivity index (χ0v) is 19.5. The normalized spacial score (nSPS) is 14.4. The number of hydrogen-bond donors (Lipinski definition) is 2. The second-order valence-corrected chi connectivity index (χ2v) is 8.45. The molecule has 11 heteroatoms.